The van der Waals surface area contributed by atoms with Gasteiger partial charge in [0, 0.05) is 25.0 Å². The van der Waals surface area contributed by atoms with Crippen molar-refractivity contribution < 1.29 is 9.59 Å². The third kappa shape index (κ3) is 3.22. The number of nitrogens with zero attached hydrogens (tertiary/aromatic N) is 2. The monoisotopic (exact) mass is 356 g/mol. The molecule has 134 valence electrons. The number of amides is 2. The second kappa shape index (κ2) is 7.08. The molecular formula is C23H20N2O2. The second-order valence-corrected chi connectivity index (χ2v) is 6.63. The molecule has 0 spiro atoms. The molecule has 1 aliphatic heterocycles. The Kier molecular flexibility index (Phi) is 4.47. The minimum Gasteiger partial charge on any atom is -0.328 e. The Morgan fingerprint density at radius 2 is 1.59 bits per heavy atom. The van der Waals surface area contributed by atoms with Gasteiger partial charge in [-0.1, -0.05) is 73.3 Å². The number of carbonyl (C=O) groups excluding carboxylic acids is 2. The summed E-state index contributed by atoms with van der Waals surface area (Å²) in [4.78, 5) is 28.7. The molecular weight excluding hydrogens is 336 g/mol. The van der Waals surface area contributed by atoms with Crippen LogP contribution in [0.1, 0.15) is 11.1 Å². The molecule has 0 unspecified atom stereocenters. The van der Waals surface area contributed by atoms with Crippen LogP contribution in [-0.4, -0.2) is 29.8 Å². The molecule has 3 aromatic carbocycles. The van der Waals surface area contributed by atoms with Crippen LogP contribution in [0, 0.1) is 0 Å². The molecule has 0 saturated carbocycles. The molecule has 1 fully saturated rings. The van der Waals surface area contributed by atoms with Gasteiger partial charge in [0.2, 0.25) is 0 Å². The summed E-state index contributed by atoms with van der Waals surface area (Å²) < 4.78 is 0. The van der Waals surface area contributed by atoms with Crippen LogP contribution >= 0.6 is 0 Å². The largest absolute Gasteiger partial charge is 0.328 e. The van der Waals surface area contributed by atoms with Crippen molar-refractivity contribution in [2.45, 2.75) is 6.54 Å². The van der Waals surface area contributed by atoms with Crippen LogP contribution in [0.5, 0.6) is 0 Å². The molecule has 0 aromatic heterocycles. The minimum atomic E-state index is -0.472. The summed E-state index contributed by atoms with van der Waals surface area (Å²) in [5, 5.41) is 2.04. The third-order valence-corrected chi connectivity index (χ3v) is 4.96. The molecule has 4 rings (SSSR count). The topological polar surface area (TPSA) is 40.6 Å². The highest BCUT2D eigenvalue weighted by atomic mass is 16.2. The van der Waals surface area contributed by atoms with E-state index in [9.17, 15) is 9.59 Å². The first-order valence-corrected chi connectivity index (χ1v) is 8.97. The summed E-state index contributed by atoms with van der Waals surface area (Å²) in [6, 6.07) is 21.6. The lowest BCUT2D eigenvalue weighted by Gasteiger charge is -2.34. The predicted molar refractivity (Wildman–Crippen MR) is 108 cm³/mol. The lowest BCUT2D eigenvalue weighted by atomic mass is 10.1. The Bertz CT molecular complexity index is 1020. The van der Waals surface area contributed by atoms with Crippen molar-refractivity contribution in [3.05, 3.63) is 84.4 Å². The van der Waals surface area contributed by atoms with Crippen molar-refractivity contribution in [3.8, 4) is 0 Å². The van der Waals surface area contributed by atoms with Gasteiger partial charge in [-0.2, -0.15) is 0 Å². The SMILES string of the molecule is C=Cc1ccc(CN2CCN(c3cccc4ccccc34)C(=O)C2=O)cc1. The standard InChI is InChI=1S/C23H20N2O2/c1-2-17-10-12-18(13-11-17)16-24-14-15-25(23(27)22(24)26)21-9-5-7-19-6-3-4-8-20(19)21/h2-13H,1,14-16H2. The van der Waals surface area contributed by atoms with Crippen LogP contribution in [0.4, 0.5) is 5.69 Å². The summed E-state index contributed by atoms with van der Waals surface area (Å²) in [5.41, 5.74) is 2.82. The van der Waals surface area contributed by atoms with Gasteiger partial charge in [-0.3, -0.25) is 9.59 Å². The van der Waals surface area contributed by atoms with Crippen molar-refractivity contribution in [2.24, 2.45) is 0 Å². The van der Waals surface area contributed by atoms with Crippen molar-refractivity contribution in [3.63, 3.8) is 0 Å². The van der Waals surface area contributed by atoms with E-state index in [4.69, 9.17) is 0 Å². The molecule has 1 aliphatic rings. The smallest absolute Gasteiger partial charge is 0.316 e. The first-order chi connectivity index (χ1) is 13.2. The molecule has 0 aliphatic carbocycles. The highest BCUT2D eigenvalue weighted by Gasteiger charge is 2.33. The fourth-order valence-electron chi connectivity index (χ4n) is 3.48. The van der Waals surface area contributed by atoms with E-state index in [0.717, 1.165) is 27.6 Å². The van der Waals surface area contributed by atoms with E-state index in [0.29, 0.717) is 19.6 Å². The van der Waals surface area contributed by atoms with Gasteiger partial charge < -0.3 is 9.80 Å². The van der Waals surface area contributed by atoms with E-state index < -0.39 is 11.8 Å². The van der Waals surface area contributed by atoms with E-state index >= 15 is 0 Å². The Hall–Kier alpha value is -3.40. The number of anilines is 1. The normalized spacial score (nSPS) is 14.7. The molecule has 0 N–H and O–H groups in total. The zero-order valence-corrected chi connectivity index (χ0v) is 15.0. The van der Waals surface area contributed by atoms with Crippen LogP contribution < -0.4 is 4.90 Å². The van der Waals surface area contributed by atoms with Gasteiger partial charge in [0.15, 0.2) is 0 Å². The van der Waals surface area contributed by atoms with Crippen LogP contribution in [-0.2, 0) is 16.1 Å². The van der Waals surface area contributed by atoms with Gasteiger partial charge >= 0.3 is 11.8 Å². The molecule has 4 heteroatoms. The van der Waals surface area contributed by atoms with E-state index in [1.54, 1.807) is 15.9 Å². The third-order valence-electron chi connectivity index (χ3n) is 4.96. The molecule has 1 saturated heterocycles. The highest BCUT2D eigenvalue weighted by Crippen LogP contribution is 2.28. The van der Waals surface area contributed by atoms with Crippen molar-refractivity contribution in [2.75, 3.05) is 18.0 Å². The van der Waals surface area contributed by atoms with Gasteiger partial charge in [0.25, 0.3) is 0 Å². The molecule has 0 bridgehead atoms. The van der Waals surface area contributed by atoms with E-state index in [2.05, 4.69) is 6.58 Å². The number of benzene rings is 3. The van der Waals surface area contributed by atoms with E-state index in [-0.39, 0.29) is 0 Å². The molecule has 1 heterocycles. The van der Waals surface area contributed by atoms with Crippen molar-refractivity contribution in [1.29, 1.82) is 0 Å². The summed E-state index contributed by atoms with van der Waals surface area (Å²) in [7, 11) is 0. The molecule has 0 radical (unpaired) electrons. The number of piperazine rings is 1. The number of carbonyl (C=O) groups is 2. The Labute approximate surface area is 158 Å². The Morgan fingerprint density at radius 1 is 0.852 bits per heavy atom. The average Bonchev–Trinajstić information content (AvgIpc) is 2.72. The van der Waals surface area contributed by atoms with Crippen LogP contribution in [0.2, 0.25) is 0 Å². The zero-order valence-electron chi connectivity index (χ0n) is 15.0. The van der Waals surface area contributed by atoms with Gasteiger partial charge in [0.05, 0.1) is 5.69 Å². The maximum atomic E-state index is 12.8. The summed E-state index contributed by atoms with van der Waals surface area (Å²) in [6.07, 6.45) is 1.78. The zero-order chi connectivity index (χ0) is 18.8. The maximum absolute atomic E-state index is 12.8. The van der Waals surface area contributed by atoms with Crippen LogP contribution in [0.15, 0.2) is 73.3 Å². The van der Waals surface area contributed by atoms with Gasteiger partial charge in [-0.05, 0) is 22.6 Å². The molecule has 3 aromatic rings. The Balaban J connectivity index is 1.56. The van der Waals surface area contributed by atoms with E-state index in [1.165, 1.54) is 0 Å². The second-order valence-electron chi connectivity index (χ2n) is 6.63. The average molecular weight is 356 g/mol. The maximum Gasteiger partial charge on any atom is 0.316 e. The highest BCUT2D eigenvalue weighted by molar-refractivity contribution is 6.41. The van der Waals surface area contributed by atoms with Crippen LogP contribution in [0.25, 0.3) is 16.8 Å². The Morgan fingerprint density at radius 3 is 2.37 bits per heavy atom. The van der Waals surface area contributed by atoms with Gasteiger partial charge in [-0.25, -0.2) is 0 Å². The molecule has 27 heavy (non-hydrogen) atoms. The first-order valence-electron chi connectivity index (χ1n) is 8.97. The van der Waals surface area contributed by atoms with Crippen LogP contribution in [0.3, 0.4) is 0 Å². The quantitative estimate of drug-likeness (QED) is 0.666. The molecule has 0 atom stereocenters. The fraction of sp³-hybridized carbons (Fsp3) is 0.130. The van der Waals surface area contributed by atoms with E-state index in [1.807, 2.05) is 66.7 Å². The summed E-state index contributed by atoms with van der Waals surface area (Å²) in [6.45, 7) is 5.18. The number of hydrogen-bond acceptors (Lipinski definition) is 2. The summed E-state index contributed by atoms with van der Waals surface area (Å²) in [5.74, 6) is -0.928. The number of rotatable bonds is 4. The lowest BCUT2D eigenvalue weighted by molar-refractivity contribution is -0.146. The van der Waals surface area contributed by atoms with Crippen molar-refractivity contribution >= 4 is 34.4 Å². The van der Waals surface area contributed by atoms with Crippen molar-refractivity contribution in [1.82, 2.24) is 4.90 Å². The van der Waals surface area contributed by atoms with Gasteiger partial charge in [-0.15, -0.1) is 0 Å². The minimum absolute atomic E-state index is 0.436. The fourth-order valence-corrected chi connectivity index (χ4v) is 3.48. The lowest BCUT2D eigenvalue weighted by Crippen LogP contribution is -2.54. The predicted octanol–water partition coefficient (Wildman–Crippen LogP) is 3.86. The number of fused-ring (bicyclic) bond motifs is 1. The first kappa shape index (κ1) is 17.0. The number of hydrogen-bond donors (Lipinski definition) is 0. The molecule has 4 nitrogen and oxygen atoms in total. The molecule has 2 amide bonds. The summed E-state index contributed by atoms with van der Waals surface area (Å²) >= 11 is 0. The van der Waals surface area contributed by atoms with Gasteiger partial charge in [0.1, 0.15) is 0 Å².